The molecule has 0 saturated carbocycles. The molecule has 0 radical (unpaired) electrons. The summed E-state index contributed by atoms with van der Waals surface area (Å²) in [5.74, 6) is -0.593. The second kappa shape index (κ2) is 11.0. The third kappa shape index (κ3) is 5.89. The standard InChI is InChI=1S/C27H28BrN3O4/c1-2-27(35)31-13-21(14-31)29-26(34)16-30-15-23(22-12-20(28)8-9-24(22)30)25(33)11-19(17-32)10-18-6-4-3-5-7-18/h2-9,12,15,19,21,32H,1,10-11,13-14,16-17H2,(H,29,34)/t19-/m1/s1. The minimum absolute atomic E-state index is 0.0603. The van der Waals surface area contributed by atoms with Gasteiger partial charge < -0.3 is 19.9 Å². The fourth-order valence-electron chi connectivity index (χ4n) is 4.45. The van der Waals surface area contributed by atoms with Crippen LogP contribution in [0.25, 0.3) is 10.9 Å². The van der Waals surface area contributed by atoms with Crippen LogP contribution < -0.4 is 5.32 Å². The molecule has 1 aliphatic rings. The number of hydrogen-bond donors (Lipinski definition) is 2. The number of amides is 2. The molecule has 2 heterocycles. The zero-order chi connectivity index (χ0) is 24.9. The molecule has 8 heteroatoms. The maximum absolute atomic E-state index is 13.3. The van der Waals surface area contributed by atoms with E-state index < -0.39 is 0 Å². The van der Waals surface area contributed by atoms with Gasteiger partial charge in [-0.15, -0.1) is 0 Å². The van der Waals surface area contributed by atoms with Gasteiger partial charge in [-0.2, -0.15) is 0 Å². The Morgan fingerprint density at radius 2 is 1.91 bits per heavy atom. The predicted molar refractivity (Wildman–Crippen MR) is 138 cm³/mol. The number of benzene rings is 2. The molecule has 2 amide bonds. The lowest BCUT2D eigenvalue weighted by atomic mass is 9.92. The molecule has 0 bridgehead atoms. The van der Waals surface area contributed by atoms with E-state index >= 15 is 0 Å². The summed E-state index contributed by atoms with van der Waals surface area (Å²) < 4.78 is 2.62. The number of aromatic nitrogens is 1. The van der Waals surface area contributed by atoms with Gasteiger partial charge in [-0.25, -0.2) is 0 Å². The highest BCUT2D eigenvalue weighted by Gasteiger charge is 2.30. The third-order valence-corrected chi connectivity index (χ3v) is 6.78. The number of carbonyl (C=O) groups is 3. The monoisotopic (exact) mass is 537 g/mol. The van der Waals surface area contributed by atoms with E-state index in [-0.39, 0.29) is 49.1 Å². The van der Waals surface area contributed by atoms with E-state index in [0.29, 0.717) is 25.1 Å². The molecule has 2 aromatic carbocycles. The Bertz CT molecular complexity index is 1250. The first-order valence-corrected chi connectivity index (χ1v) is 12.3. The van der Waals surface area contributed by atoms with Crippen molar-refractivity contribution in [1.29, 1.82) is 0 Å². The highest BCUT2D eigenvalue weighted by molar-refractivity contribution is 9.10. The Labute approximate surface area is 212 Å². The Morgan fingerprint density at radius 3 is 2.60 bits per heavy atom. The number of nitrogens with zero attached hydrogens (tertiary/aromatic N) is 2. The molecule has 4 rings (SSSR count). The molecule has 1 fully saturated rings. The van der Waals surface area contributed by atoms with E-state index in [0.717, 1.165) is 20.9 Å². The van der Waals surface area contributed by atoms with E-state index in [1.807, 2.05) is 48.5 Å². The van der Waals surface area contributed by atoms with Crippen molar-refractivity contribution >= 4 is 44.4 Å². The Balaban J connectivity index is 1.47. The zero-order valence-corrected chi connectivity index (χ0v) is 20.9. The smallest absolute Gasteiger partial charge is 0.246 e. The highest BCUT2D eigenvalue weighted by Crippen LogP contribution is 2.28. The van der Waals surface area contributed by atoms with Gasteiger partial charge in [-0.05, 0) is 42.2 Å². The average Bonchev–Trinajstić information content (AvgIpc) is 3.18. The SMILES string of the molecule is C=CC(=O)N1CC(NC(=O)Cn2cc(C(=O)C[C@H](CO)Cc3ccccc3)c3cc(Br)ccc32)C1. The van der Waals surface area contributed by atoms with Crippen molar-refractivity contribution in [2.75, 3.05) is 19.7 Å². The molecule has 3 aromatic rings. The van der Waals surface area contributed by atoms with Crippen LogP contribution in [-0.2, 0) is 22.6 Å². The van der Waals surface area contributed by atoms with Gasteiger partial charge >= 0.3 is 0 Å². The quantitative estimate of drug-likeness (QED) is 0.306. The van der Waals surface area contributed by atoms with Crippen molar-refractivity contribution < 1.29 is 19.5 Å². The number of aliphatic hydroxyl groups excluding tert-OH is 1. The third-order valence-electron chi connectivity index (χ3n) is 6.29. The van der Waals surface area contributed by atoms with Crippen molar-refractivity contribution in [3.63, 3.8) is 0 Å². The lowest BCUT2D eigenvalue weighted by Crippen LogP contribution is -2.61. The molecule has 35 heavy (non-hydrogen) atoms. The molecule has 182 valence electrons. The zero-order valence-electron chi connectivity index (χ0n) is 19.3. The van der Waals surface area contributed by atoms with Crippen LogP contribution in [0.1, 0.15) is 22.3 Å². The molecule has 1 aliphatic heterocycles. The molecule has 0 unspecified atom stereocenters. The van der Waals surface area contributed by atoms with Crippen LogP contribution in [0.3, 0.4) is 0 Å². The first-order valence-electron chi connectivity index (χ1n) is 11.5. The van der Waals surface area contributed by atoms with Crippen LogP contribution in [0.15, 0.2) is 71.9 Å². The summed E-state index contributed by atoms with van der Waals surface area (Å²) in [6, 6.07) is 15.4. The number of carbonyl (C=O) groups excluding carboxylic acids is 3. The molecule has 2 N–H and O–H groups in total. The van der Waals surface area contributed by atoms with Crippen molar-refractivity contribution in [1.82, 2.24) is 14.8 Å². The van der Waals surface area contributed by atoms with Gasteiger partial charge in [0.2, 0.25) is 11.8 Å². The minimum Gasteiger partial charge on any atom is -0.396 e. The lowest BCUT2D eigenvalue weighted by molar-refractivity contribution is -0.133. The van der Waals surface area contributed by atoms with Gasteiger partial charge in [0.05, 0.1) is 6.04 Å². The van der Waals surface area contributed by atoms with E-state index in [2.05, 4.69) is 27.8 Å². The van der Waals surface area contributed by atoms with Crippen molar-refractivity contribution in [3.8, 4) is 0 Å². The van der Waals surface area contributed by atoms with Crippen LogP contribution >= 0.6 is 15.9 Å². The van der Waals surface area contributed by atoms with Crippen molar-refractivity contribution in [2.24, 2.45) is 5.92 Å². The molecule has 1 saturated heterocycles. The van der Waals surface area contributed by atoms with E-state index in [4.69, 9.17) is 0 Å². The van der Waals surface area contributed by atoms with Gasteiger partial charge in [0.25, 0.3) is 0 Å². The normalized spacial score (nSPS) is 14.4. The predicted octanol–water partition coefficient (Wildman–Crippen LogP) is 3.34. The summed E-state index contributed by atoms with van der Waals surface area (Å²) in [6.45, 7) is 4.37. The van der Waals surface area contributed by atoms with Crippen molar-refractivity contribution in [2.45, 2.75) is 25.4 Å². The minimum atomic E-state index is -0.196. The molecular formula is C27H28BrN3O4. The van der Waals surface area contributed by atoms with E-state index in [1.54, 1.807) is 15.7 Å². The number of hydrogen-bond acceptors (Lipinski definition) is 4. The van der Waals surface area contributed by atoms with Crippen LogP contribution in [0.2, 0.25) is 0 Å². The second-order valence-electron chi connectivity index (χ2n) is 8.91. The van der Waals surface area contributed by atoms with Gasteiger partial charge in [-0.1, -0.05) is 52.8 Å². The summed E-state index contributed by atoms with van der Waals surface area (Å²) in [4.78, 5) is 39.2. The van der Waals surface area contributed by atoms with Gasteiger partial charge in [0, 0.05) is 53.3 Å². The largest absolute Gasteiger partial charge is 0.396 e. The second-order valence-corrected chi connectivity index (χ2v) is 9.83. The fraction of sp³-hybridized carbons (Fsp3) is 0.296. The lowest BCUT2D eigenvalue weighted by Gasteiger charge is -2.38. The summed E-state index contributed by atoms with van der Waals surface area (Å²) in [5, 5.41) is 13.6. The van der Waals surface area contributed by atoms with E-state index in [1.165, 1.54) is 6.08 Å². The van der Waals surface area contributed by atoms with E-state index in [9.17, 15) is 19.5 Å². The Hall–Kier alpha value is -3.23. The number of halogens is 1. The Morgan fingerprint density at radius 1 is 1.17 bits per heavy atom. The molecule has 0 aliphatic carbocycles. The molecule has 1 aromatic heterocycles. The maximum atomic E-state index is 13.3. The molecule has 0 spiro atoms. The van der Waals surface area contributed by atoms with Crippen LogP contribution in [0.5, 0.6) is 0 Å². The summed E-state index contributed by atoms with van der Waals surface area (Å²) >= 11 is 3.48. The van der Waals surface area contributed by atoms with Crippen LogP contribution in [0, 0.1) is 5.92 Å². The van der Waals surface area contributed by atoms with Gasteiger partial charge in [-0.3, -0.25) is 14.4 Å². The number of Topliss-reactive ketones (excluding diaryl/α,β-unsaturated/α-hetero) is 1. The summed E-state index contributed by atoms with van der Waals surface area (Å²) in [6.07, 6.45) is 3.81. The molecular weight excluding hydrogens is 510 g/mol. The summed E-state index contributed by atoms with van der Waals surface area (Å²) in [5.41, 5.74) is 2.39. The maximum Gasteiger partial charge on any atom is 0.246 e. The number of aliphatic hydroxyl groups is 1. The highest BCUT2D eigenvalue weighted by atomic mass is 79.9. The topological polar surface area (TPSA) is 91.6 Å². The molecule has 1 atom stereocenters. The first kappa shape index (κ1) is 24.9. The number of nitrogens with one attached hydrogen (secondary N) is 1. The van der Waals surface area contributed by atoms with Gasteiger partial charge in [0.1, 0.15) is 6.54 Å². The number of fused-ring (bicyclic) bond motifs is 1. The number of rotatable bonds is 10. The first-order chi connectivity index (χ1) is 16.9. The molecule has 7 nitrogen and oxygen atoms in total. The van der Waals surface area contributed by atoms with Crippen LogP contribution in [-0.4, -0.2) is 57.9 Å². The Kier molecular flexibility index (Phi) is 7.83. The number of ketones is 1. The van der Waals surface area contributed by atoms with Gasteiger partial charge in [0.15, 0.2) is 5.78 Å². The number of likely N-dealkylation sites (tertiary alicyclic amines) is 1. The fourth-order valence-corrected chi connectivity index (χ4v) is 4.81. The van der Waals surface area contributed by atoms with Crippen molar-refractivity contribution in [3.05, 3.63) is 83.0 Å². The summed E-state index contributed by atoms with van der Waals surface area (Å²) in [7, 11) is 0. The average molecular weight is 538 g/mol. The van der Waals surface area contributed by atoms with Crippen LogP contribution in [0.4, 0.5) is 0 Å².